The third kappa shape index (κ3) is 2.28. The first-order valence-electron chi connectivity index (χ1n) is 6.62. The van der Waals surface area contributed by atoms with Crippen LogP contribution in [0, 0.1) is 11.8 Å². The zero-order chi connectivity index (χ0) is 14.4. The molecule has 0 aromatic rings. The maximum absolute atomic E-state index is 12.0. The number of fused-ring (bicyclic) bond motifs is 1. The minimum atomic E-state index is -1.64. The maximum Gasteiger partial charge on any atom is 0.236 e. The molecule has 4 N–H and O–H groups in total. The SMILES string of the molecule is C[C@@H](O)[C@H]1C(=O)N2C(C(O)O)=C(SCC3CNC3)S[C@H]12. The van der Waals surface area contributed by atoms with Crippen molar-refractivity contribution in [2.24, 2.45) is 11.8 Å². The zero-order valence-corrected chi connectivity index (χ0v) is 12.7. The van der Waals surface area contributed by atoms with Gasteiger partial charge < -0.3 is 20.6 Å². The molecule has 3 heterocycles. The highest BCUT2D eigenvalue weighted by molar-refractivity contribution is 8.22. The lowest BCUT2D eigenvalue weighted by Crippen LogP contribution is -2.61. The number of β-lactam (4-membered cyclic amide) rings is 1. The third-order valence-electron chi connectivity index (χ3n) is 3.86. The molecule has 3 aliphatic heterocycles. The number of carbonyl (C=O) groups is 1. The van der Waals surface area contributed by atoms with Crippen LogP contribution in [0.5, 0.6) is 0 Å². The molecule has 0 aromatic heterocycles. The van der Waals surface area contributed by atoms with Crippen LogP contribution in [0.3, 0.4) is 0 Å². The van der Waals surface area contributed by atoms with E-state index >= 15 is 0 Å². The summed E-state index contributed by atoms with van der Waals surface area (Å²) in [5.74, 6) is 0.833. The number of nitrogens with zero attached hydrogens (tertiary/aromatic N) is 1. The molecule has 0 radical (unpaired) electrons. The number of hydrogen-bond acceptors (Lipinski definition) is 7. The third-order valence-corrected chi connectivity index (χ3v) is 6.78. The first-order valence-corrected chi connectivity index (χ1v) is 8.49. The van der Waals surface area contributed by atoms with E-state index in [2.05, 4.69) is 5.32 Å². The van der Waals surface area contributed by atoms with Crippen molar-refractivity contribution in [3.8, 4) is 0 Å². The molecule has 6 nitrogen and oxygen atoms in total. The summed E-state index contributed by atoms with van der Waals surface area (Å²) >= 11 is 3.04. The second kappa shape index (κ2) is 5.51. The molecule has 3 aliphatic rings. The Labute approximate surface area is 125 Å². The summed E-state index contributed by atoms with van der Waals surface area (Å²) in [7, 11) is 0. The van der Waals surface area contributed by atoms with Crippen molar-refractivity contribution in [1.82, 2.24) is 10.2 Å². The van der Waals surface area contributed by atoms with Crippen molar-refractivity contribution in [3.63, 3.8) is 0 Å². The number of aliphatic hydroxyl groups is 3. The summed E-state index contributed by atoms with van der Waals surface area (Å²) < 4.78 is 0.799. The zero-order valence-electron chi connectivity index (χ0n) is 11.0. The highest BCUT2D eigenvalue weighted by Gasteiger charge is 2.57. The van der Waals surface area contributed by atoms with Gasteiger partial charge in [0.15, 0.2) is 6.29 Å². The number of nitrogens with one attached hydrogen (secondary N) is 1. The average Bonchev–Trinajstić information content (AvgIpc) is 2.61. The van der Waals surface area contributed by atoms with E-state index in [9.17, 15) is 20.1 Å². The van der Waals surface area contributed by atoms with Gasteiger partial charge in [-0.2, -0.15) is 0 Å². The first-order chi connectivity index (χ1) is 9.50. The summed E-state index contributed by atoms with van der Waals surface area (Å²) in [6, 6.07) is 0. The minimum Gasteiger partial charge on any atom is -0.392 e. The second-order valence-corrected chi connectivity index (χ2v) is 7.78. The van der Waals surface area contributed by atoms with Gasteiger partial charge in [0.25, 0.3) is 0 Å². The first kappa shape index (κ1) is 14.7. The maximum atomic E-state index is 12.0. The van der Waals surface area contributed by atoms with Crippen molar-refractivity contribution in [3.05, 3.63) is 9.93 Å². The lowest BCUT2D eigenvalue weighted by atomic mass is 9.92. The van der Waals surface area contributed by atoms with Crippen LogP contribution in [-0.2, 0) is 4.79 Å². The number of aliphatic hydroxyl groups excluding tert-OH is 2. The molecule has 2 saturated heterocycles. The average molecular weight is 318 g/mol. The van der Waals surface area contributed by atoms with Crippen molar-refractivity contribution >= 4 is 29.4 Å². The van der Waals surface area contributed by atoms with Crippen LogP contribution in [0.1, 0.15) is 6.92 Å². The van der Waals surface area contributed by atoms with E-state index < -0.39 is 18.3 Å². The number of thioether (sulfide) groups is 2. The molecule has 8 heteroatoms. The molecule has 0 aliphatic carbocycles. The highest BCUT2D eigenvalue weighted by atomic mass is 32.2. The Morgan fingerprint density at radius 2 is 2.15 bits per heavy atom. The molecular formula is C12H18N2O4S2. The Hall–Kier alpha value is -0.250. The van der Waals surface area contributed by atoms with E-state index in [4.69, 9.17) is 0 Å². The summed E-state index contributed by atoms with van der Waals surface area (Å²) in [6.45, 7) is 3.58. The van der Waals surface area contributed by atoms with Crippen LogP contribution in [0.4, 0.5) is 0 Å². The van der Waals surface area contributed by atoms with Gasteiger partial charge in [0.1, 0.15) is 5.37 Å². The summed E-state index contributed by atoms with van der Waals surface area (Å²) in [6.07, 6.45) is -2.36. The van der Waals surface area contributed by atoms with Crippen LogP contribution in [0.15, 0.2) is 9.93 Å². The Morgan fingerprint density at radius 3 is 2.65 bits per heavy atom. The largest absolute Gasteiger partial charge is 0.392 e. The van der Waals surface area contributed by atoms with E-state index in [0.29, 0.717) is 11.6 Å². The van der Waals surface area contributed by atoms with Gasteiger partial charge in [0, 0.05) is 5.75 Å². The van der Waals surface area contributed by atoms with Gasteiger partial charge in [-0.05, 0) is 25.9 Å². The van der Waals surface area contributed by atoms with Gasteiger partial charge in [0.2, 0.25) is 5.91 Å². The standard InChI is InChI=1S/C12H18N2O4S2/c1-5(15)7-9(16)14-8(11(17)18)12(20-10(7)14)19-4-6-2-13-3-6/h5-7,10-11,13,15,17-18H,2-4H2,1H3/t5-,7+,10-/m1/s1. The van der Waals surface area contributed by atoms with Crippen LogP contribution < -0.4 is 5.32 Å². The van der Waals surface area contributed by atoms with Crippen LogP contribution in [0.25, 0.3) is 0 Å². The van der Waals surface area contributed by atoms with Crippen LogP contribution in [-0.4, -0.2) is 62.7 Å². The molecule has 0 spiro atoms. The quantitative estimate of drug-likeness (QED) is 0.395. The van der Waals surface area contributed by atoms with E-state index in [1.165, 1.54) is 16.7 Å². The molecule has 2 fully saturated rings. The summed E-state index contributed by atoms with van der Waals surface area (Å²) in [5.41, 5.74) is 0.291. The normalized spacial score (nSPS) is 31.4. The minimum absolute atomic E-state index is 0.193. The number of amides is 1. The predicted molar refractivity (Wildman–Crippen MR) is 77.5 cm³/mol. The van der Waals surface area contributed by atoms with E-state index in [1.54, 1.807) is 18.7 Å². The monoisotopic (exact) mass is 318 g/mol. The molecule has 0 bridgehead atoms. The topological polar surface area (TPSA) is 93.0 Å². The molecular weight excluding hydrogens is 300 g/mol. The highest BCUT2D eigenvalue weighted by Crippen LogP contribution is 2.54. The number of hydrogen-bond donors (Lipinski definition) is 4. The molecule has 1 amide bonds. The van der Waals surface area contributed by atoms with Crippen LogP contribution in [0.2, 0.25) is 0 Å². The van der Waals surface area contributed by atoms with Gasteiger partial charge in [-0.1, -0.05) is 11.8 Å². The second-order valence-electron chi connectivity index (χ2n) is 5.36. The number of rotatable bonds is 5. The smallest absolute Gasteiger partial charge is 0.236 e. The van der Waals surface area contributed by atoms with E-state index in [0.717, 1.165) is 23.1 Å². The van der Waals surface area contributed by atoms with Crippen LogP contribution >= 0.6 is 23.5 Å². The van der Waals surface area contributed by atoms with Crippen molar-refractivity contribution in [1.29, 1.82) is 0 Å². The Kier molecular flexibility index (Phi) is 4.04. The van der Waals surface area contributed by atoms with Gasteiger partial charge in [-0.25, -0.2) is 0 Å². The summed E-state index contributed by atoms with van der Waals surface area (Å²) in [5, 5.41) is 31.7. The molecule has 112 valence electrons. The van der Waals surface area contributed by atoms with Crippen molar-refractivity contribution in [2.75, 3.05) is 18.8 Å². The lowest BCUT2D eigenvalue weighted by molar-refractivity contribution is -0.157. The predicted octanol–water partition coefficient (Wildman–Crippen LogP) is -0.669. The fraction of sp³-hybridized carbons (Fsp3) is 0.750. The van der Waals surface area contributed by atoms with Gasteiger partial charge in [-0.3, -0.25) is 9.69 Å². The molecule has 0 saturated carbocycles. The molecule has 20 heavy (non-hydrogen) atoms. The Balaban J connectivity index is 1.72. The van der Waals surface area contributed by atoms with Gasteiger partial charge in [-0.15, -0.1) is 11.8 Å². The van der Waals surface area contributed by atoms with Crippen molar-refractivity contribution in [2.45, 2.75) is 24.7 Å². The summed E-state index contributed by atoms with van der Waals surface area (Å²) in [4.78, 5) is 13.5. The fourth-order valence-electron chi connectivity index (χ4n) is 2.58. The fourth-order valence-corrected chi connectivity index (χ4v) is 5.68. The number of carbonyl (C=O) groups excluding carboxylic acids is 1. The van der Waals surface area contributed by atoms with E-state index in [-0.39, 0.29) is 11.3 Å². The molecule has 3 rings (SSSR count). The Morgan fingerprint density at radius 1 is 1.45 bits per heavy atom. The van der Waals surface area contributed by atoms with E-state index in [1.807, 2.05) is 0 Å². The van der Waals surface area contributed by atoms with Gasteiger partial charge >= 0.3 is 0 Å². The lowest BCUT2D eigenvalue weighted by Gasteiger charge is -2.44. The van der Waals surface area contributed by atoms with Gasteiger partial charge in [0.05, 0.1) is 22.0 Å². The van der Waals surface area contributed by atoms with Crippen molar-refractivity contribution < 1.29 is 20.1 Å². The molecule has 0 unspecified atom stereocenters. The Bertz CT molecular complexity index is 451. The molecule has 3 atom stereocenters. The molecule has 0 aromatic carbocycles.